The van der Waals surface area contributed by atoms with Crippen LogP contribution >= 0.6 is 0 Å². The largest absolute Gasteiger partial charge is 0.497 e. The van der Waals surface area contributed by atoms with Crippen molar-refractivity contribution in [1.29, 1.82) is 0 Å². The van der Waals surface area contributed by atoms with Crippen molar-refractivity contribution < 1.29 is 9.53 Å². The van der Waals surface area contributed by atoms with Gasteiger partial charge in [-0.3, -0.25) is 9.59 Å². The van der Waals surface area contributed by atoms with Gasteiger partial charge in [-0.15, -0.1) is 0 Å². The molecule has 3 aromatic carbocycles. The molecule has 1 aliphatic rings. The number of carbonyl (C=O) groups excluding carboxylic acids is 1. The first-order valence-electron chi connectivity index (χ1n) is 10.8. The summed E-state index contributed by atoms with van der Waals surface area (Å²) in [5.41, 5.74) is 2.57. The van der Waals surface area contributed by atoms with Crippen molar-refractivity contribution in [2.45, 2.75) is 19.0 Å². The SMILES string of the molecule is COc1ccc(C2CC(c3ccc4ccccc4c3)=NN2C(=O)Cn2ccccc2=O)cc1. The van der Waals surface area contributed by atoms with Gasteiger partial charge in [-0.05, 0) is 46.2 Å². The highest BCUT2D eigenvalue weighted by atomic mass is 16.5. The Morgan fingerprint density at radius 2 is 1.73 bits per heavy atom. The molecule has 5 rings (SSSR count). The van der Waals surface area contributed by atoms with Crippen molar-refractivity contribution in [1.82, 2.24) is 9.58 Å². The molecule has 0 radical (unpaired) electrons. The summed E-state index contributed by atoms with van der Waals surface area (Å²) in [6.45, 7) is -0.0686. The van der Waals surface area contributed by atoms with E-state index in [0.717, 1.165) is 33.4 Å². The van der Waals surface area contributed by atoms with Crippen LogP contribution in [0.4, 0.5) is 0 Å². The Kier molecular flexibility index (Phi) is 5.48. The molecule has 0 bridgehead atoms. The number of hydrazone groups is 1. The molecule has 1 unspecified atom stereocenters. The summed E-state index contributed by atoms with van der Waals surface area (Å²) in [5.74, 6) is 0.515. The fraction of sp³-hybridized carbons (Fsp3) is 0.148. The van der Waals surface area contributed by atoms with E-state index in [0.29, 0.717) is 6.42 Å². The van der Waals surface area contributed by atoms with E-state index in [9.17, 15) is 9.59 Å². The molecule has 0 spiro atoms. The number of hydrogen-bond donors (Lipinski definition) is 0. The minimum absolute atomic E-state index is 0.0686. The highest BCUT2D eigenvalue weighted by Gasteiger charge is 2.33. The van der Waals surface area contributed by atoms with Crippen molar-refractivity contribution in [3.8, 4) is 5.75 Å². The maximum atomic E-state index is 13.3. The maximum Gasteiger partial charge on any atom is 0.263 e. The molecule has 6 nitrogen and oxygen atoms in total. The van der Waals surface area contributed by atoms with Gasteiger partial charge in [-0.25, -0.2) is 5.01 Å². The fourth-order valence-electron chi connectivity index (χ4n) is 4.18. The van der Waals surface area contributed by atoms with Crippen LogP contribution < -0.4 is 10.3 Å². The minimum atomic E-state index is -0.260. The molecule has 0 aliphatic carbocycles. The zero-order valence-electron chi connectivity index (χ0n) is 18.2. The first kappa shape index (κ1) is 20.7. The smallest absolute Gasteiger partial charge is 0.263 e. The predicted octanol–water partition coefficient (Wildman–Crippen LogP) is 4.39. The third-order valence-electron chi connectivity index (χ3n) is 5.95. The summed E-state index contributed by atoms with van der Waals surface area (Å²) in [6, 6.07) is 26.7. The molecule has 1 atom stereocenters. The lowest BCUT2D eigenvalue weighted by atomic mass is 9.97. The first-order chi connectivity index (χ1) is 16.1. The highest BCUT2D eigenvalue weighted by molar-refractivity contribution is 6.05. The van der Waals surface area contributed by atoms with Gasteiger partial charge in [-0.1, -0.05) is 54.6 Å². The van der Waals surface area contributed by atoms with Gasteiger partial charge in [0.05, 0.1) is 18.9 Å². The molecule has 1 aliphatic heterocycles. The van der Waals surface area contributed by atoms with Gasteiger partial charge in [0.25, 0.3) is 11.5 Å². The van der Waals surface area contributed by atoms with E-state index in [1.165, 1.54) is 15.6 Å². The number of nitrogens with zero attached hydrogens (tertiary/aromatic N) is 3. The van der Waals surface area contributed by atoms with Gasteiger partial charge in [-0.2, -0.15) is 5.10 Å². The zero-order chi connectivity index (χ0) is 22.8. The fourth-order valence-corrected chi connectivity index (χ4v) is 4.18. The van der Waals surface area contributed by atoms with E-state index in [2.05, 4.69) is 24.3 Å². The molecule has 2 heterocycles. The summed E-state index contributed by atoms with van der Waals surface area (Å²) in [5, 5.41) is 8.54. The van der Waals surface area contributed by atoms with Crippen molar-refractivity contribution >= 4 is 22.4 Å². The predicted molar refractivity (Wildman–Crippen MR) is 128 cm³/mol. The Labute approximate surface area is 191 Å². The molecule has 0 N–H and O–H groups in total. The van der Waals surface area contributed by atoms with Crippen molar-refractivity contribution in [3.63, 3.8) is 0 Å². The van der Waals surface area contributed by atoms with Crippen LogP contribution in [0.1, 0.15) is 23.6 Å². The van der Waals surface area contributed by atoms with Crippen LogP contribution in [0.5, 0.6) is 5.75 Å². The number of hydrogen-bond acceptors (Lipinski definition) is 4. The topological polar surface area (TPSA) is 63.9 Å². The Morgan fingerprint density at radius 3 is 2.48 bits per heavy atom. The number of benzene rings is 3. The average molecular weight is 437 g/mol. The van der Waals surface area contributed by atoms with E-state index in [4.69, 9.17) is 9.84 Å². The van der Waals surface area contributed by atoms with Gasteiger partial charge < -0.3 is 9.30 Å². The van der Waals surface area contributed by atoms with Gasteiger partial charge in [0.15, 0.2) is 0 Å². The molecule has 33 heavy (non-hydrogen) atoms. The maximum absolute atomic E-state index is 13.3. The Bertz CT molecular complexity index is 1410. The molecule has 0 saturated heterocycles. The second-order valence-corrected chi connectivity index (χ2v) is 8.01. The molecule has 164 valence electrons. The van der Waals surface area contributed by atoms with E-state index < -0.39 is 0 Å². The quantitative estimate of drug-likeness (QED) is 0.465. The van der Waals surface area contributed by atoms with Crippen LogP contribution in [0, 0.1) is 0 Å². The van der Waals surface area contributed by atoms with Gasteiger partial charge >= 0.3 is 0 Å². The highest BCUT2D eigenvalue weighted by Crippen LogP contribution is 2.34. The molecule has 1 aromatic heterocycles. The van der Waals surface area contributed by atoms with Crippen molar-refractivity contribution in [2.24, 2.45) is 5.10 Å². The number of aromatic nitrogens is 1. The summed E-state index contributed by atoms with van der Waals surface area (Å²) < 4.78 is 6.68. The molecular weight excluding hydrogens is 414 g/mol. The number of ether oxygens (including phenoxy) is 1. The second-order valence-electron chi connectivity index (χ2n) is 8.01. The number of amides is 1. The first-order valence-corrected chi connectivity index (χ1v) is 10.8. The monoisotopic (exact) mass is 437 g/mol. The number of methoxy groups -OCH3 is 1. The average Bonchev–Trinajstić information content (AvgIpc) is 3.31. The van der Waals surface area contributed by atoms with Crippen LogP contribution in [-0.4, -0.2) is 28.3 Å². The van der Waals surface area contributed by atoms with E-state index >= 15 is 0 Å². The standard InChI is InChI=1S/C27H23N3O3/c1-33-23-13-11-20(12-14-23)25-17-24(22-10-9-19-6-2-3-7-21(19)16-22)28-30(25)27(32)18-29-15-5-4-8-26(29)31/h2-16,25H,17-18H2,1H3. The second kappa shape index (κ2) is 8.74. The van der Waals surface area contributed by atoms with Crippen molar-refractivity contribution in [2.75, 3.05) is 7.11 Å². The van der Waals surface area contributed by atoms with Gasteiger partial charge in [0, 0.05) is 18.7 Å². The lowest BCUT2D eigenvalue weighted by Gasteiger charge is -2.22. The van der Waals surface area contributed by atoms with Crippen LogP contribution in [0.25, 0.3) is 10.8 Å². The number of rotatable bonds is 5. The normalized spacial score (nSPS) is 15.5. The van der Waals surface area contributed by atoms with Crippen LogP contribution in [-0.2, 0) is 11.3 Å². The lowest BCUT2D eigenvalue weighted by Crippen LogP contribution is -2.33. The van der Waals surface area contributed by atoms with Crippen LogP contribution in [0.2, 0.25) is 0 Å². The van der Waals surface area contributed by atoms with Crippen molar-refractivity contribution in [3.05, 3.63) is 113 Å². The van der Waals surface area contributed by atoms with Crippen LogP contribution in [0.3, 0.4) is 0 Å². The summed E-state index contributed by atoms with van der Waals surface area (Å²) in [4.78, 5) is 25.4. The molecule has 1 amide bonds. The van der Waals surface area contributed by atoms with E-state index in [-0.39, 0.29) is 24.1 Å². The van der Waals surface area contributed by atoms with E-state index in [1.54, 1.807) is 25.4 Å². The molecule has 6 heteroatoms. The molecule has 4 aromatic rings. The van der Waals surface area contributed by atoms with Crippen LogP contribution in [0.15, 0.2) is 101 Å². The Balaban J connectivity index is 1.51. The summed E-state index contributed by atoms with van der Waals surface area (Å²) >= 11 is 0. The van der Waals surface area contributed by atoms with Gasteiger partial charge in [0.2, 0.25) is 0 Å². The third-order valence-corrected chi connectivity index (χ3v) is 5.95. The molecule has 0 saturated carbocycles. The zero-order valence-corrected chi connectivity index (χ0v) is 18.2. The number of fused-ring (bicyclic) bond motifs is 1. The number of pyridine rings is 1. The lowest BCUT2D eigenvalue weighted by molar-refractivity contribution is -0.133. The Hall–Kier alpha value is -4.19. The number of carbonyl (C=O) groups is 1. The minimum Gasteiger partial charge on any atom is -0.497 e. The summed E-state index contributed by atoms with van der Waals surface area (Å²) in [6.07, 6.45) is 2.20. The van der Waals surface area contributed by atoms with E-state index in [1.807, 2.05) is 42.5 Å². The summed E-state index contributed by atoms with van der Waals surface area (Å²) in [7, 11) is 1.62. The third kappa shape index (κ3) is 4.15. The Morgan fingerprint density at radius 1 is 0.970 bits per heavy atom. The molecule has 0 fully saturated rings. The van der Waals surface area contributed by atoms with Gasteiger partial charge in [0.1, 0.15) is 12.3 Å². The molecular formula is C27H23N3O3.